The van der Waals surface area contributed by atoms with Crippen LogP contribution in [0.2, 0.25) is 0 Å². The van der Waals surface area contributed by atoms with Crippen LogP contribution in [0.15, 0.2) is 53.4 Å². The van der Waals surface area contributed by atoms with Crippen molar-refractivity contribution in [3.8, 4) is 0 Å². The average Bonchev–Trinajstić information content (AvgIpc) is 2.64. The molecule has 0 unspecified atom stereocenters. The number of hydrogen-bond acceptors (Lipinski definition) is 5. The van der Waals surface area contributed by atoms with E-state index in [-0.39, 0.29) is 29.5 Å². The zero-order chi connectivity index (χ0) is 18.7. The van der Waals surface area contributed by atoms with Crippen molar-refractivity contribution in [2.24, 2.45) is 0 Å². The molecule has 1 saturated heterocycles. The maximum Gasteiger partial charge on any atom is 0.269 e. The fraction of sp³-hybridized carbons (Fsp3) is 0.294. The lowest BCUT2D eigenvalue weighted by Gasteiger charge is -2.34. The summed E-state index contributed by atoms with van der Waals surface area (Å²) in [5, 5.41) is 10.7. The summed E-state index contributed by atoms with van der Waals surface area (Å²) in [4.78, 5) is 12.1. The van der Waals surface area contributed by atoms with Crippen LogP contribution in [0, 0.1) is 15.9 Å². The standard InChI is InChI=1S/C17H18FN3O4S/c18-17-4-2-1-3-14(17)13-19-9-11-20(12-10-19)26(24,25)16-7-5-15(6-8-16)21(22)23/h1-8H,9-13H2. The van der Waals surface area contributed by atoms with Gasteiger partial charge in [-0.15, -0.1) is 0 Å². The molecule has 0 atom stereocenters. The second-order valence-corrected chi connectivity index (χ2v) is 7.96. The van der Waals surface area contributed by atoms with Crippen LogP contribution >= 0.6 is 0 Å². The molecule has 0 aromatic heterocycles. The van der Waals surface area contributed by atoms with Gasteiger partial charge in [-0.05, 0) is 18.2 Å². The van der Waals surface area contributed by atoms with Crippen LogP contribution in [0.3, 0.4) is 0 Å². The summed E-state index contributed by atoms with van der Waals surface area (Å²) in [7, 11) is -3.70. The van der Waals surface area contributed by atoms with Crippen LogP contribution in [0.4, 0.5) is 10.1 Å². The zero-order valence-electron chi connectivity index (χ0n) is 13.9. The highest BCUT2D eigenvalue weighted by molar-refractivity contribution is 7.89. The first-order valence-electron chi connectivity index (χ1n) is 8.08. The molecule has 0 N–H and O–H groups in total. The molecule has 9 heteroatoms. The van der Waals surface area contributed by atoms with Crippen molar-refractivity contribution in [2.45, 2.75) is 11.4 Å². The van der Waals surface area contributed by atoms with Crippen molar-refractivity contribution in [2.75, 3.05) is 26.2 Å². The maximum absolute atomic E-state index is 13.7. The van der Waals surface area contributed by atoms with Gasteiger partial charge in [-0.2, -0.15) is 4.31 Å². The Morgan fingerprint density at radius 3 is 2.19 bits per heavy atom. The van der Waals surface area contributed by atoms with Crippen molar-refractivity contribution >= 4 is 15.7 Å². The van der Waals surface area contributed by atoms with E-state index < -0.39 is 14.9 Å². The first-order chi connectivity index (χ1) is 12.4. The maximum atomic E-state index is 13.7. The zero-order valence-corrected chi connectivity index (χ0v) is 14.7. The van der Waals surface area contributed by atoms with Gasteiger partial charge in [-0.3, -0.25) is 15.0 Å². The Balaban J connectivity index is 1.65. The number of rotatable bonds is 5. The van der Waals surface area contributed by atoms with E-state index in [1.165, 1.54) is 34.6 Å². The molecule has 1 fully saturated rings. The van der Waals surface area contributed by atoms with E-state index in [1.807, 2.05) is 4.90 Å². The Morgan fingerprint density at radius 1 is 1.00 bits per heavy atom. The minimum Gasteiger partial charge on any atom is -0.296 e. The fourth-order valence-electron chi connectivity index (χ4n) is 2.88. The van der Waals surface area contributed by atoms with E-state index in [4.69, 9.17) is 0 Å². The van der Waals surface area contributed by atoms with Crippen molar-refractivity contribution in [3.05, 3.63) is 70.0 Å². The smallest absolute Gasteiger partial charge is 0.269 e. The predicted molar refractivity (Wildman–Crippen MR) is 93.5 cm³/mol. The highest BCUT2D eigenvalue weighted by atomic mass is 32.2. The SMILES string of the molecule is O=[N+]([O-])c1ccc(S(=O)(=O)N2CCN(Cc3ccccc3F)CC2)cc1. The summed E-state index contributed by atoms with van der Waals surface area (Å²) in [6, 6.07) is 11.4. The van der Waals surface area contributed by atoms with Gasteiger partial charge in [0, 0.05) is 50.4 Å². The predicted octanol–water partition coefficient (Wildman–Crippen LogP) is 2.24. The highest BCUT2D eigenvalue weighted by Gasteiger charge is 2.29. The number of hydrogen-bond donors (Lipinski definition) is 0. The van der Waals surface area contributed by atoms with Gasteiger partial charge in [0.15, 0.2) is 0 Å². The highest BCUT2D eigenvalue weighted by Crippen LogP contribution is 2.21. The number of halogens is 1. The molecule has 0 radical (unpaired) electrons. The Hall–Kier alpha value is -2.36. The molecule has 26 heavy (non-hydrogen) atoms. The lowest BCUT2D eigenvalue weighted by atomic mass is 10.2. The second-order valence-electron chi connectivity index (χ2n) is 6.02. The molecule has 2 aromatic rings. The number of sulfonamides is 1. The Morgan fingerprint density at radius 2 is 1.62 bits per heavy atom. The van der Waals surface area contributed by atoms with Gasteiger partial charge in [0.05, 0.1) is 9.82 Å². The summed E-state index contributed by atoms with van der Waals surface area (Å²) in [6.45, 7) is 1.97. The molecular weight excluding hydrogens is 361 g/mol. The third-order valence-corrected chi connectivity index (χ3v) is 6.28. The van der Waals surface area contributed by atoms with Crippen LogP contribution in [0.25, 0.3) is 0 Å². The molecule has 1 aliphatic rings. The third kappa shape index (κ3) is 3.90. The summed E-state index contributed by atoms with van der Waals surface area (Å²) < 4.78 is 40.4. The summed E-state index contributed by atoms with van der Waals surface area (Å²) in [5.41, 5.74) is 0.429. The molecule has 0 spiro atoms. The molecule has 3 rings (SSSR count). The Labute approximate surface area is 150 Å². The van der Waals surface area contributed by atoms with Crippen LogP contribution in [-0.2, 0) is 16.6 Å². The van der Waals surface area contributed by atoms with Crippen molar-refractivity contribution in [1.82, 2.24) is 9.21 Å². The van der Waals surface area contributed by atoms with Crippen LogP contribution in [0.1, 0.15) is 5.56 Å². The molecule has 1 aliphatic heterocycles. The monoisotopic (exact) mass is 379 g/mol. The van der Waals surface area contributed by atoms with Crippen molar-refractivity contribution in [3.63, 3.8) is 0 Å². The molecule has 0 amide bonds. The number of nitro benzene ring substituents is 1. The lowest BCUT2D eigenvalue weighted by Crippen LogP contribution is -2.48. The lowest BCUT2D eigenvalue weighted by molar-refractivity contribution is -0.384. The number of nitro groups is 1. The first-order valence-corrected chi connectivity index (χ1v) is 9.52. The van der Waals surface area contributed by atoms with Crippen LogP contribution in [-0.4, -0.2) is 48.7 Å². The molecule has 0 bridgehead atoms. The molecule has 2 aromatic carbocycles. The number of benzene rings is 2. The Bertz CT molecular complexity index is 894. The third-order valence-electron chi connectivity index (χ3n) is 4.37. The van der Waals surface area contributed by atoms with E-state index in [0.717, 1.165) is 0 Å². The van der Waals surface area contributed by atoms with Gasteiger partial charge in [-0.25, -0.2) is 12.8 Å². The molecule has 0 aliphatic carbocycles. The molecule has 7 nitrogen and oxygen atoms in total. The van der Waals surface area contributed by atoms with Gasteiger partial charge >= 0.3 is 0 Å². The van der Waals surface area contributed by atoms with Gasteiger partial charge in [-0.1, -0.05) is 18.2 Å². The van der Waals surface area contributed by atoms with E-state index in [2.05, 4.69) is 0 Å². The normalized spacial score (nSPS) is 16.5. The van der Waals surface area contributed by atoms with Gasteiger partial charge in [0.25, 0.3) is 5.69 Å². The van der Waals surface area contributed by atoms with Gasteiger partial charge < -0.3 is 0 Å². The number of non-ortho nitro benzene ring substituents is 1. The quantitative estimate of drug-likeness (QED) is 0.588. The van der Waals surface area contributed by atoms with Crippen LogP contribution in [0.5, 0.6) is 0 Å². The van der Waals surface area contributed by atoms with E-state index >= 15 is 0 Å². The fourth-order valence-corrected chi connectivity index (χ4v) is 4.31. The van der Waals surface area contributed by atoms with Gasteiger partial charge in [0.2, 0.25) is 10.0 Å². The summed E-state index contributed by atoms with van der Waals surface area (Å²) in [5.74, 6) is -0.270. The van der Waals surface area contributed by atoms with Crippen molar-refractivity contribution in [1.29, 1.82) is 0 Å². The second kappa shape index (κ2) is 7.48. The molecular formula is C17H18FN3O4S. The van der Waals surface area contributed by atoms with Crippen molar-refractivity contribution < 1.29 is 17.7 Å². The van der Waals surface area contributed by atoms with E-state index in [9.17, 15) is 22.9 Å². The first kappa shape index (κ1) is 18.4. The molecule has 138 valence electrons. The number of nitrogens with zero attached hydrogens (tertiary/aromatic N) is 3. The molecule has 1 heterocycles. The Kier molecular flexibility index (Phi) is 5.30. The average molecular weight is 379 g/mol. The number of piperazine rings is 1. The topological polar surface area (TPSA) is 83.8 Å². The van der Waals surface area contributed by atoms with E-state index in [0.29, 0.717) is 25.2 Å². The van der Waals surface area contributed by atoms with Gasteiger partial charge in [0.1, 0.15) is 5.82 Å². The minimum absolute atomic E-state index is 0.0330. The van der Waals surface area contributed by atoms with Crippen LogP contribution < -0.4 is 0 Å². The minimum atomic E-state index is -3.70. The largest absolute Gasteiger partial charge is 0.296 e. The molecule has 0 saturated carbocycles. The summed E-state index contributed by atoms with van der Waals surface area (Å²) in [6.07, 6.45) is 0. The summed E-state index contributed by atoms with van der Waals surface area (Å²) >= 11 is 0. The van der Waals surface area contributed by atoms with E-state index in [1.54, 1.807) is 18.2 Å².